The molecule has 0 aliphatic carbocycles. The number of hydrogen-bond acceptors (Lipinski definition) is 3. The molecule has 0 saturated heterocycles. The first kappa shape index (κ1) is 13.3. The number of benzene rings is 2. The van der Waals surface area contributed by atoms with Gasteiger partial charge in [0.05, 0.1) is 5.52 Å². The van der Waals surface area contributed by atoms with Crippen LogP contribution in [0.15, 0.2) is 61.2 Å². The SMILES string of the molecule is C=CCNc1nc(-c2ccc(C)cc2)nc2ccccc12. The summed E-state index contributed by atoms with van der Waals surface area (Å²) in [5, 5.41) is 4.31. The lowest BCUT2D eigenvalue weighted by atomic mass is 10.1. The smallest absolute Gasteiger partial charge is 0.162 e. The van der Waals surface area contributed by atoms with E-state index in [1.54, 1.807) is 0 Å². The lowest BCUT2D eigenvalue weighted by Gasteiger charge is -2.09. The van der Waals surface area contributed by atoms with E-state index in [9.17, 15) is 0 Å². The highest BCUT2D eigenvalue weighted by Gasteiger charge is 2.08. The molecule has 3 heteroatoms. The van der Waals surface area contributed by atoms with Gasteiger partial charge in [0.1, 0.15) is 5.82 Å². The van der Waals surface area contributed by atoms with E-state index in [-0.39, 0.29) is 0 Å². The molecule has 1 heterocycles. The summed E-state index contributed by atoms with van der Waals surface area (Å²) in [6.45, 7) is 6.49. The topological polar surface area (TPSA) is 37.8 Å². The maximum Gasteiger partial charge on any atom is 0.162 e. The lowest BCUT2D eigenvalue weighted by molar-refractivity contribution is 1.19. The molecule has 0 atom stereocenters. The Balaban J connectivity index is 2.14. The first-order valence-electron chi connectivity index (χ1n) is 6.96. The highest BCUT2D eigenvalue weighted by Crippen LogP contribution is 2.24. The first-order chi connectivity index (χ1) is 10.3. The molecule has 1 N–H and O–H groups in total. The van der Waals surface area contributed by atoms with Gasteiger partial charge in [-0.1, -0.05) is 48.0 Å². The number of nitrogens with zero attached hydrogens (tertiary/aromatic N) is 2. The zero-order chi connectivity index (χ0) is 14.7. The van der Waals surface area contributed by atoms with Crippen LogP contribution >= 0.6 is 0 Å². The van der Waals surface area contributed by atoms with Crippen LogP contribution in [0.25, 0.3) is 22.3 Å². The summed E-state index contributed by atoms with van der Waals surface area (Å²) in [4.78, 5) is 9.34. The molecule has 0 unspecified atom stereocenters. The zero-order valence-electron chi connectivity index (χ0n) is 12.0. The highest BCUT2D eigenvalue weighted by molar-refractivity contribution is 5.90. The summed E-state index contributed by atoms with van der Waals surface area (Å²) in [6.07, 6.45) is 1.82. The van der Waals surface area contributed by atoms with Crippen LogP contribution in [0.1, 0.15) is 5.56 Å². The second-order valence-corrected chi connectivity index (χ2v) is 4.95. The van der Waals surface area contributed by atoms with Crippen LogP contribution in [-0.4, -0.2) is 16.5 Å². The van der Waals surface area contributed by atoms with Gasteiger partial charge < -0.3 is 5.32 Å². The van der Waals surface area contributed by atoms with Crippen molar-refractivity contribution in [1.82, 2.24) is 9.97 Å². The third kappa shape index (κ3) is 2.77. The third-order valence-electron chi connectivity index (χ3n) is 3.33. The van der Waals surface area contributed by atoms with Crippen LogP contribution < -0.4 is 5.32 Å². The molecule has 0 bridgehead atoms. The number of nitrogens with one attached hydrogen (secondary N) is 1. The number of fused-ring (bicyclic) bond motifs is 1. The Hall–Kier alpha value is -2.68. The average Bonchev–Trinajstić information content (AvgIpc) is 2.53. The Labute approximate surface area is 124 Å². The predicted molar refractivity (Wildman–Crippen MR) is 88.4 cm³/mol. The van der Waals surface area contributed by atoms with Crippen molar-refractivity contribution in [1.29, 1.82) is 0 Å². The largest absolute Gasteiger partial charge is 0.366 e. The monoisotopic (exact) mass is 275 g/mol. The van der Waals surface area contributed by atoms with E-state index in [0.29, 0.717) is 6.54 Å². The molecule has 21 heavy (non-hydrogen) atoms. The number of anilines is 1. The van der Waals surface area contributed by atoms with Crippen LogP contribution in [0, 0.1) is 6.92 Å². The van der Waals surface area contributed by atoms with Crippen LogP contribution in [0.3, 0.4) is 0 Å². The Morgan fingerprint density at radius 2 is 1.81 bits per heavy atom. The fraction of sp³-hybridized carbons (Fsp3) is 0.111. The predicted octanol–water partition coefficient (Wildman–Crippen LogP) is 4.20. The van der Waals surface area contributed by atoms with Crippen LogP contribution in [0.4, 0.5) is 5.82 Å². The van der Waals surface area contributed by atoms with E-state index in [1.165, 1.54) is 5.56 Å². The molecule has 3 aromatic rings. The van der Waals surface area contributed by atoms with Gasteiger partial charge in [0.15, 0.2) is 5.82 Å². The molecular weight excluding hydrogens is 258 g/mol. The lowest BCUT2D eigenvalue weighted by Crippen LogP contribution is -2.03. The normalized spacial score (nSPS) is 10.5. The number of hydrogen-bond donors (Lipinski definition) is 1. The molecule has 0 saturated carbocycles. The number of rotatable bonds is 4. The van der Waals surface area contributed by atoms with Crippen molar-refractivity contribution < 1.29 is 0 Å². The van der Waals surface area contributed by atoms with Crippen LogP contribution in [0.5, 0.6) is 0 Å². The summed E-state index contributed by atoms with van der Waals surface area (Å²) in [7, 11) is 0. The Morgan fingerprint density at radius 3 is 2.57 bits per heavy atom. The zero-order valence-corrected chi connectivity index (χ0v) is 12.0. The second-order valence-electron chi connectivity index (χ2n) is 4.95. The minimum Gasteiger partial charge on any atom is -0.366 e. The summed E-state index contributed by atoms with van der Waals surface area (Å²) in [6, 6.07) is 16.3. The van der Waals surface area contributed by atoms with E-state index in [0.717, 1.165) is 28.1 Å². The van der Waals surface area contributed by atoms with Crippen molar-refractivity contribution in [2.24, 2.45) is 0 Å². The molecule has 104 valence electrons. The van der Waals surface area contributed by atoms with Crippen molar-refractivity contribution >= 4 is 16.7 Å². The second kappa shape index (κ2) is 5.75. The van der Waals surface area contributed by atoms with Gasteiger partial charge in [0.2, 0.25) is 0 Å². The molecule has 0 aliphatic rings. The van der Waals surface area contributed by atoms with Gasteiger partial charge in [0, 0.05) is 17.5 Å². The van der Waals surface area contributed by atoms with Gasteiger partial charge in [-0.15, -0.1) is 6.58 Å². The van der Waals surface area contributed by atoms with Crippen molar-refractivity contribution in [2.45, 2.75) is 6.92 Å². The van der Waals surface area contributed by atoms with E-state index in [1.807, 2.05) is 30.3 Å². The summed E-state index contributed by atoms with van der Waals surface area (Å²) >= 11 is 0. The van der Waals surface area contributed by atoms with Gasteiger partial charge in [-0.05, 0) is 19.1 Å². The third-order valence-corrected chi connectivity index (χ3v) is 3.33. The maximum atomic E-state index is 4.67. The Bertz CT molecular complexity index is 776. The quantitative estimate of drug-likeness (QED) is 0.725. The number of para-hydroxylation sites is 1. The standard InChI is InChI=1S/C18H17N3/c1-3-12-19-18-15-6-4-5-7-16(15)20-17(21-18)14-10-8-13(2)9-11-14/h3-11H,1,12H2,2H3,(H,19,20,21). The maximum absolute atomic E-state index is 4.67. The average molecular weight is 275 g/mol. The van der Waals surface area contributed by atoms with Gasteiger partial charge in [-0.2, -0.15) is 0 Å². The van der Waals surface area contributed by atoms with Gasteiger partial charge in [-0.3, -0.25) is 0 Å². The van der Waals surface area contributed by atoms with Crippen molar-refractivity contribution in [3.8, 4) is 11.4 Å². The molecular formula is C18H17N3. The number of aromatic nitrogens is 2. The molecule has 0 fully saturated rings. The van der Waals surface area contributed by atoms with Crippen molar-refractivity contribution in [3.05, 3.63) is 66.7 Å². The van der Waals surface area contributed by atoms with Gasteiger partial charge in [0.25, 0.3) is 0 Å². The summed E-state index contributed by atoms with van der Waals surface area (Å²) < 4.78 is 0. The molecule has 2 aromatic carbocycles. The van der Waals surface area contributed by atoms with E-state index in [4.69, 9.17) is 0 Å². The molecule has 3 nitrogen and oxygen atoms in total. The van der Waals surface area contributed by atoms with Gasteiger partial charge in [-0.25, -0.2) is 9.97 Å². The molecule has 0 radical (unpaired) electrons. The van der Waals surface area contributed by atoms with E-state index < -0.39 is 0 Å². The van der Waals surface area contributed by atoms with Gasteiger partial charge >= 0.3 is 0 Å². The van der Waals surface area contributed by atoms with Crippen LogP contribution in [-0.2, 0) is 0 Å². The van der Waals surface area contributed by atoms with Crippen molar-refractivity contribution in [2.75, 3.05) is 11.9 Å². The highest BCUT2D eigenvalue weighted by atomic mass is 15.0. The minimum absolute atomic E-state index is 0.675. The summed E-state index contributed by atoms with van der Waals surface area (Å²) in [5.41, 5.74) is 3.19. The fourth-order valence-corrected chi connectivity index (χ4v) is 2.21. The first-order valence-corrected chi connectivity index (χ1v) is 6.96. The fourth-order valence-electron chi connectivity index (χ4n) is 2.21. The number of aryl methyl sites for hydroxylation is 1. The Kier molecular flexibility index (Phi) is 3.65. The minimum atomic E-state index is 0.675. The van der Waals surface area contributed by atoms with Crippen molar-refractivity contribution in [3.63, 3.8) is 0 Å². The molecule has 1 aromatic heterocycles. The molecule has 3 rings (SSSR count). The summed E-state index contributed by atoms with van der Waals surface area (Å²) in [5.74, 6) is 1.58. The van der Waals surface area contributed by atoms with Crippen LogP contribution in [0.2, 0.25) is 0 Å². The Morgan fingerprint density at radius 1 is 1.05 bits per heavy atom. The van der Waals surface area contributed by atoms with E-state index >= 15 is 0 Å². The van der Waals surface area contributed by atoms with E-state index in [2.05, 4.69) is 53.1 Å². The molecule has 0 spiro atoms. The molecule has 0 amide bonds. The molecule has 0 aliphatic heterocycles.